The monoisotopic (exact) mass is 384 g/mol. The first-order valence-electron chi connectivity index (χ1n) is 9.13. The number of rotatable bonds is 9. The van der Waals surface area contributed by atoms with E-state index in [-0.39, 0.29) is 11.7 Å². The smallest absolute Gasteiger partial charge is 0.251 e. The average molecular weight is 384 g/mol. The van der Waals surface area contributed by atoms with Crippen LogP contribution in [0.5, 0.6) is 11.5 Å². The summed E-state index contributed by atoms with van der Waals surface area (Å²) in [6.45, 7) is 5.07. The van der Waals surface area contributed by atoms with Crippen LogP contribution in [-0.4, -0.2) is 32.5 Å². The molecule has 5 N–H and O–H groups in total. The van der Waals surface area contributed by atoms with Gasteiger partial charge in [-0.2, -0.15) is 0 Å². The van der Waals surface area contributed by atoms with E-state index in [1.165, 1.54) is 0 Å². The number of benzene rings is 2. The van der Waals surface area contributed by atoms with Crippen molar-refractivity contribution in [1.82, 2.24) is 5.32 Å². The second-order valence-electron chi connectivity index (χ2n) is 6.40. The molecule has 0 aliphatic heterocycles. The maximum Gasteiger partial charge on any atom is 0.251 e. The van der Waals surface area contributed by atoms with Crippen LogP contribution in [0.2, 0.25) is 0 Å². The molecule has 0 unspecified atom stereocenters. The third-order valence-electron chi connectivity index (χ3n) is 4.44. The maximum absolute atomic E-state index is 12.7. The first-order valence-corrected chi connectivity index (χ1v) is 9.13. The lowest BCUT2D eigenvalue weighted by molar-refractivity contribution is 0.0950. The number of nitrogens with two attached hydrogens (primary N) is 1. The van der Waals surface area contributed by atoms with Crippen molar-refractivity contribution >= 4 is 17.4 Å². The van der Waals surface area contributed by atoms with Gasteiger partial charge in [-0.05, 0) is 37.1 Å². The molecule has 0 aliphatic rings. The van der Waals surface area contributed by atoms with Crippen LogP contribution in [0.4, 0.5) is 5.69 Å². The number of methoxy groups -OCH3 is 2. The Bertz CT molecular complexity index is 840. The van der Waals surface area contributed by atoms with Crippen LogP contribution in [-0.2, 0) is 6.54 Å². The van der Waals surface area contributed by atoms with Gasteiger partial charge in [0.15, 0.2) is 0 Å². The molecular formula is C21H28N4O3. The first-order chi connectivity index (χ1) is 13.4. The molecule has 2 rings (SSSR count). The van der Waals surface area contributed by atoms with E-state index in [4.69, 9.17) is 20.6 Å². The standard InChI is InChI=1S/C21H28N4O3/c1-5-8-24-17-9-14(20(22)23)6-7-15(17)12-25-21(26)16-10-18(27-3)13(2)19(11-16)28-4/h6-7,9-11,24H,5,8,12H2,1-4H3,(H3,22,23)(H,25,26). The number of hydrogen-bond acceptors (Lipinski definition) is 5. The van der Waals surface area contributed by atoms with Crippen molar-refractivity contribution in [2.75, 3.05) is 26.1 Å². The topological polar surface area (TPSA) is 109 Å². The Balaban J connectivity index is 2.21. The molecule has 0 atom stereocenters. The highest BCUT2D eigenvalue weighted by atomic mass is 16.5. The van der Waals surface area contributed by atoms with Crippen molar-refractivity contribution in [2.45, 2.75) is 26.8 Å². The lowest BCUT2D eigenvalue weighted by Gasteiger charge is -2.15. The number of carbonyl (C=O) groups excluding carboxylic acids is 1. The second kappa shape index (κ2) is 9.64. The summed E-state index contributed by atoms with van der Waals surface area (Å²) in [4.78, 5) is 12.7. The molecule has 7 heteroatoms. The van der Waals surface area contributed by atoms with E-state index < -0.39 is 0 Å². The molecule has 2 aromatic carbocycles. The van der Waals surface area contributed by atoms with Gasteiger partial charge in [-0.3, -0.25) is 10.2 Å². The largest absolute Gasteiger partial charge is 0.496 e. The van der Waals surface area contributed by atoms with Gasteiger partial charge in [0.25, 0.3) is 5.91 Å². The van der Waals surface area contributed by atoms with Gasteiger partial charge in [0.2, 0.25) is 0 Å². The van der Waals surface area contributed by atoms with Crippen LogP contribution in [0, 0.1) is 12.3 Å². The van der Waals surface area contributed by atoms with Crippen molar-refractivity contribution in [3.63, 3.8) is 0 Å². The average Bonchev–Trinajstić information content (AvgIpc) is 2.70. The number of amides is 1. The minimum Gasteiger partial charge on any atom is -0.496 e. The summed E-state index contributed by atoms with van der Waals surface area (Å²) in [5.41, 5.74) is 9.30. The molecule has 0 aliphatic carbocycles. The SMILES string of the molecule is CCCNc1cc(C(=N)N)ccc1CNC(=O)c1cc(OC)c(C)c(OC)c1. The van der Waals surface area contributed by atoms with Gasteiger partial charge in [0.1, 0.15) is 17.3 Å². The molecule has 0 fully saturated rings. The van der Waals surface area contributed by atoms with Gasteiger partial charge in [-0.1, -0.05) is 19.1 Å². The van der Waals surface area contributed by atoms with E-state index in [1.54, 1.807) is 32.4 Å². The Morgan fingerprint density at radius 3 is 2.29 bits per heavy atom. The highest BCUT2D eigenvalue weighted by Crippen LogP contribution is 2.29. The summed E-state index contributed by atoms with van der Waals surface area (Å²) < 4.78 is 10.7. The van der Waals surface area contributed by atoms with Gasteiger partial charge >= 0.3 is 0 Å². The summed E-state index contributed by atoms with van der Waals surface area (Å²) >= 11 is 0. The molecule has 0 radical (unpaired) electrons. The molecule has 2 aromatic rings. The molecule has 0 bridgehead atoms. The summed E-state index contributed by atoms with van der Waals surface area (Å²) in [7, 11) is 3.12. The molecule has 0 spiro atoms. The lowest BCUT2D eigenvalue weighted by Crippen LogP contribution is -2.24. The van der Waals surface area contributed by atoms with Crippen LogP contribution in [0.1, 0.15) is 40.4 Å². The van der Waals surface area contributed by atoms with Crippen molar-refractivity contribution in [3.8, 4) is 11.5 Å². The van der Waals surface area contributed by atoms with Crippen molar-refractivity contribution in [1.29, 1.82) is 5.41 Å². The lowest BCUT2D eigenvalue weighted by atomic mass is 10.1. The summed E-state index contributed by atoms with van der Waals surface area (Å²) in [6.07, 6.45) is 0.957. The molecule has 150 valence electrons. The molecule has 0 saturated carbocycles. The van der Waals surface area contributed by atoms with Crippen LogP contribution in [0.3, 0.4) is 0 Å². The number of nitrogens with one attached hydrogen (secondary N) is 3. The van der Waals surface area contributed by atoms with Gasteiger partial charge in [-0.25, -0.2) is 0 Å². The summed E-state index contributed by atoms with van der Waals surface area (Å²) in [5.74, 6) is 0.976. The number of carbonyl (C=O) groups is 1. The normalized spacial score (nSPS) is 10.3. The molecule has 28 heavy (non-hydrogen) atoms. The Morgan fingerprint density at radius 1 is 1.11 bits per heavy atom. The van der Waals surface area contributed by atoms with Crippen LogP contribution in [0.25, 0.3) is 0 Å². The zero-order chi connectivity index (χ0) is 20.7. The quantitative estimate of drug-likeness (QED) is 0.392. The van der Waals surface area contributed by atoms with Crippen LogP contribution < -0.4 is 25.8 Å². The van der Waals surface area contributed by atoms with Crippen molar-refractivity contribution < 1.29 is 14.3 Å². The number of hydrogen-bond donors (Lipinski definition) is 4. The molecule has 7 nitrogen and oxygen atoms in total. The molecule has 1 amide bonds. The fourth-order valence-electron chi connectivity index (χ4n) is 2.82. The molecule has 0 heterocycles. The number of amidine groups is 1. The summed E-state index contributed by atoms with van der Waals surface area (Å²) in [6, 6.07) is 8.87. The minimum atomic E-state index is -0.228. The van der Waals surface area contributed by atoms with E-state index in [1.807, 2.05) is 19.1 Å². The fourth-order valence-corrected chi connectivity index (χ4v) is 2.82. The number of ether oxygens (including phenoxy) is 2. The first kappa shape index (κ1) is 21.1. The molecule has 0 saturated heterocycles. The zero-order valence-corrected chi connectivity index (χ0v) is 16.8. The fraction of sp³-hybridized carbons (Fsp3) is 0.333. The third kappa shape index (κ3) is 4.94. The van der Waals surface area contributed by atoms with Crippen LogP contribution >= 0.6 is 0 Å². The number of nitrogen functional groups attached to an aromatic ring is 1. The van der Waals surface area contributed by atoms with Crippen molar-refractivity contribution in [2.24, 2.45) is 5.73 Å². The maximum atomic E-state index is 12.7. The Hall–Kier alpha value is -3.22. The minimum absolute atomic E-state index is 0.00831. The highest BCUT2D eigenvalue weighted by Gasteiger charge is 2.14. The third-order valence-corrected chi connectivity index (χ3v) is 4.44. The van der Waals surface area contributed by atoms with E-state index in [0.717, 1.165) is 29.8 Å². The predicted molar refractivity (Wildman–Crippen MR) is 112 cm³/mol. The Labute approximate surface area is 165 Å². The van der Waals surface area contributed by atoms with Crippen molar-refractivity contribution in [3.05, 3.63) is 52.6 Å². The van der Waals surface area contributed by atoms with E-state index in [0.29, 0.717) is 29.2 Å². The van der Waals surface area contributed by atoms with E-state index in [2.05, 4.69) is 17.6 Å². The van der Waals surface area contributed by atoms with Gasteiger partial charge in [0, 0.05) is 35.5 Å². The Morgan fingerprint density at radius 2 is 1.75 bits per heavy atom. The predicted octanol–water partition coefficient (Wildman–Crippen LogP) is 3.05. The van der Waals surface area contributed by atoms with Crippen LogP contribution in [0.15, 0.2) is 30.3 Å². The van der Waals surface area contributed by atoms with E-state index >= 15 is 0 Å². The van der Waals surface area contributed by atoms with Gasteiger partial charge in [0.05, 0.1) is 14.2 Å². The second-order valence-corrected chi connectivity index (χ2v) is 6.40. The highest BCUT2D eigenvalue weighted by molar-refractivity contribution is 5.96. The van der Waals surface area contributed by atoms with Gasteiger partial charge in [-0.15, -0.1) is 0 Å². The Kier molecular flexibility index (Phi) is 7.26. The van der Waals surface area contributed by atoms with E-state index in [9.17, 15) is 4.79 Å². The summed E-state index contributed by atoms with van der Waals surface area (Å²) in [5, 5.41) is 13.9. The molecular weight excluding hydrogens is 356 g/mol. The zero-order valence-electron chi connectivity index (χ0n) is 16.8. The van der Waals surface area contributed by atoms with Gasteiger partial charge < -0.3 is 25.8 Å². The molecule has 0 aromatic heterocycles. The number of anilines is 1.